The Hall–Kier alpha value is -5.43. The number of amides is 3. The Labute approximate surface area is 255 Å². The molecule has 0 spiro atoms. The van der Waals surface area contributed by atoms with Crippen LogP contribution >= 0.6 is 11.6 Å². The van der Waals surface area contributed by atoms with Crippen LogP contribution in [-0.2, 0) is 20.8 Å². The molecule has 0 radical (unpaired) electrons. The van der Waals surface area contributed by atoms with Gasteiger partial charge in [-0.15, -0.1) is 5.10 Å². The molecule has 0 unspecified atom stereocenters. The SMILES string of the molecule is O=C(/C=C/c1c(-n2cnnn2)ccc(Cl)c1F)N[C@@H](Cc1cccc(N2CCCC2=O)c1)C(=O)Nc1ccc(C(=O)O)cc1. The summed E-state index contributed by atoms with van der Waals surface area (Å²) in [4.78, 5) is 51.7. The molecule has 1 atom stereocenters. The highest BCUT2D eigenvalue weighted by atomic mass is 35.5. The Morgan fingerprint density at radius 2 is 1.91 bits per heavy atom. The summed E-state index contributed by atoms with van der Waals surface area (Å²) >= 11 is 5.97. The van der Waals surface area contributed by atoms with Gasteiger partial charge in [0.1, 0.15) is 12.4 Å². The molecular weight excluding hydrogens is 593 g/mol. The molecule has 3 N–H and O–H groups in total. The van der Waals surface area contributed by atoms with Crippen molar-refractivity contribution >= 4 is 52.7 Å². The minimum atomic E-state index is -1.12. The van der Waals surface area contributed by atoms with E-state index in [0.717, 1.165) is 12.5 Å². The van der Waals surface area contributed by atoms with E-state index < -0.39 is 29.6 Å². The van der Waals surface area contributed by atoms with Crippen LogP contribution in [0.3, 0.4) is 0 Å². The van der Waals surface area contributed by atoms with E-state index in [1.807, 2.05) is 0 Å². The van der Waals surface area contributed by atoms with Gasteiger partial charge in [-0.3, -0.25) is 14.4 Å². The minimum absolute atomic E-state index is 0.00832. The molecular formula is C30H25ClFN7O5. The predicted octanol–water partition coefficient (Wildman–Crippen LogP) is 3.66. The Kier molecular flexibility index (Phi) is 9.05. The number of carboxylic acid groups (broad SMARTS) is 1. The van der Waals surface area contributed by atoms with Gasteiger partial charge in [0.2, 0.25) is 17.7 Å². The van der Waals surface area contributed by atoms with E-state index in [9.17, 15) is 23.6 Å². The average molecular weight is 618 g/mol. The maximum Gasteiger partial charge on any atom is 0.335 e. The maximum atomic E-state index is 15.0. The molecule has 224 valence electrons. The molecule has 2 heterocycles. The second-order valence-corrected chi connectivity index (χ2v) is 10.2. The summed E-state index contributed by atoms with van der Waals surface area (Å²) in [7, 11) is 0. The predicted molar refractivity (Wildman–Crippen MR) is 159 cm³/mol. The summed E-state index contributed by atoms with van der Waals surface area (Å²) in [6.07, 6.45) is 4.78. The normalized spacial score (nSPS) is 13.7. The molecule has 0 bridgehead atoms. The Balaban J connectivity index is 1.39. The van der Waals surface area contributed by atoms with E-state index in [1.165, 1.54) is 53.5 Å². The van der Waals surface area contributed by atoms with Crippen LogP contribution < -0.4 is 15.5 Å². The lowest BCUT2D eigenvalue weighted by atomic mass is 10.0. The molecule has 1 saturated heterocycles. The molecule has 0 aliphatic carbocycles. The molecule has 3 amide bonds. The quantitative estimate of drug-likeness (QED) is 0.227. The monoisotopic (exact) mass is 617 g/mol. The van der Waals surface area contributed by atoms with Gasteiger partial charge in [0, 0.05) is 42.4 Å². The Morgan fingerprint density at radius 1 is 1.11 bits per heavy atom. The van der Waals surface area contributed by atoms with Crippen LogP contribution in [0.5, 0.6) is 0 Å². The number of carbonyl (C=O) groups is 4. The van der Waals surface area contributed by atoms with Crippen LogP contribution in [0.1, 0.15) is 34.3 Å². The number of nitrogens with one attached hydrogen (secondary N) is 2. The third kappa shape index (κ3) is 6.95. The van der Waals surface area contributed by atoms with Crippen molar-refractivity contribution in [2.75, 3.05) is 16.8 Å². The van der Waals surface area contributed by atoms with Gasteiger partial charge in [-0.25, -0.2) is 9.18 Å². The average Bonchev–Trinajstić information content (AvgIpc) is 3.70. The number of hydrogen-bond donors (Lipinski definition) is 3. The molecule has 1 aromatic heterocycles. The number of hydrogen-bond acceptors (Lipinski definition) is 7. The molecule has 0 saturated carbocycles. The summed E-state index contributed by atoms with van der Waals surface area (Å²) in [6.45, 7) is 0.590. The standard InChI is InChI=1S/C30H25ClFN7O5/c31-23-11-12-25(39-17-33-36-37-39)22(28(23)32)10-13-26(40)35-24(29(42)34-20-8-6-19(7-9-20)30(43)44)16-18-3-1-4-21(15-18)38-14-2-5-27(38)41/h1,3-4,6-13,15,17,24H,2,5,14,16H2,(H,34,42)(H,35,40)(H,43,44)/b13-10+/t24-/m0/s1. The maximum absolute atomic E-state index is 15.0. The highest BCUT2D eigenvalue weighted by molar-refractivity contribution is 6.31. The van der Waals surface area contributed by atoms with Crippen molar-refractivity contribution < 1.29 is 28.7 Å². The van der Waals surface area contributed by atoms with Crippen molar-refractivity contribution in [2.24, 2.45) is 0 Å². The fourth-order valence-electron chi connectivity index (χ4n) is 4.71. The van der Waals surface area contributed by atoms with Crippen molar-refractivity contribution in [3.63, 3.8) is 0 Å². The second-order valence-electron chi connectivity index (χ2n) is 9.84. The summed E-state index contributed by atoms with van der Waals surface area (Å²) in [5.74, 6) is -3.19. The van der Waals surface area contributed by atoms with Crippen molar-refractivity contribution in [3.05, 3.63) is 101 Å². The van der Waals surface area contributed by atoms with Crippen molar-refractivity contribution in [1.29, 1.82) is 0 Å². The third-order valence-electron chi connectivity index (χ3n) is 6.87. The molecule has 1 aliphatic heterocycles. The van der Waals surface area contributed by atoms with Crippen LogP contribution in [0, 0.1) is 5.82 Å². The minimum Gasteiger partial charge on any atom is -0.478 e. The van der Waals surface area contributed by atoms with E-state index in [0.29, 0.717) is 29.9 Å². The van der Waals surface area contributed by atoms with E-state index in [2.05, 4.69) is 26.2 Å². The van der Waals surface area contributed by atoms with E-state index in [1.54, 1.807) is 29.2 Å². The number of carbonyl (C=O) groups excluding carboxylic acids is 3. The van der Waals surface area contributed by atoms with Crippen LogP contribution in [0.2, 0.25) is 5.02 Å². The zero-order valence-electron chi connectivity index (χ0n) is 23.0. The van der Waals surface area contributed by atoms with Crippen LogP contribution in [-0.4, -0.2) is 61.6 Å². The van der Waals surface area contributed by atoms with Crippen LogP contribution in [0.25, 0.3) is 11.8 Å². The fourth-order valence-corrected chi connectivity index (χ4v) is 4.87. The number of aromatic nitrogens is 4. The summed E-state index contributed by atoms with van der Waals surface area (Å²) < 4.78 is 16.2. The van der Waals surface area contributed by atoms with Gasteiger partial charge < -0.3 is 20.6 Å². The van der Waals surface area contributed by atoms with Gasteiger partial charge in [-0.2, -0.15) is 4.68 Å². The van der Waals surface area contributed by atoms with Crippen molar-refractivity contribution in [1.82, 2.24) is 25.5 Å². The fraction of sp³-hybridized carbons (Fsp3) is 0.167. The lowest BCUT2D eigenvalue weighted by molar-refractivity contribution is -0.123. The summed E-state index contributed by atoms with van der Waals surface area (Å²) in [5.41, 5.74) is 1.90. The largest absolute Gasteiger partial charge is 0.478 e. The van der Waals surface area contributed by atoms with Gasteiger partial charge >= 0.3 is 5.97 Å². The molecule has 12 nitrogen and oxygen atoms in total. The van der Waals surface area contributed by atoms with Gasteiger partial charge in [-0.1, -0.05) is 23.7 Å². The van der Waals surface area contributed by atoms with Gasteiger partial charge in [0.05, 0.1) is 16.3 Å². The zero-order chi connectivity index (χ0) is 31.2. The first kappa shape index (κ1) is 30.0. The van der Waals surface area contributed by atoms with Gasteiger partial charge in [0.15, 0.2) is 5.82 Å². The number of nitrogens with zero attached hydrogens (tertiary/aromatic N) is 5. The van der Waals surface area contributed by atoms with Gasteiger partial charge in [-0.05, 0) is 77.0 Å². The molecule has 1 fully saturated rings. The molecule has 44 heavy (non-hydrogen) atoms. The van der Waals surface area contributed by atoms with Crippen molar-refractivity contribution in [2.45, 2.75) is 25.3 Å². The summed E-state index contributed by atoms with van der Waals surface area (Å²) in [5, 5.41) is 25.2. The Morgan fingerprint density at radius 3 is 2.59 bits per heavy atom. The Bertz CT molecular complexity index is 1750. The lowest BCUT2D eigenvalue weighted by Gasteiger charge is -2.20. The number of carboxylic acids is 1. The van der Waals surface area contributed by atoms with Gasteiger partial charge in [0.25, 0.3) is 0 Å². The number of benzene rings is 3. The number of halogens is 2. The highest BCUT2D eigenvalue weighted by Gasteiger charge is 2.24. The van der Waals surface area contributed by atoms with E-state index in [4.69, 9.17) is 16.7 Å². The second kappa shape index (κ2) is 13.3. The smallest absolute Gasteiger partial charge is 0.335 e. The highest BCUT2D eigenvalue weighted by Crippen LogP contribution is 2.26. The first-order chi connectivity index (χ1) is 21.2. The first-order valence-corrected chi connectivity index (χ1v) is 13.8. The number of rotatable bonds is 10. The first-order valence-electron chi connectivity index (χ1n) is 13.4. The van der Waals surface area contributed by atoms with Crippen molar-refractivity contribution in [3.8, 4) is 5.69 Å². The molecule has 4 aromatic rings. The summed E-state index contributed by atoms with van der Waals surface area (Å²) in [6, 6.07) is 14.4. The molecule has 1 aliphatic rings. The number of tetrazole rings is 1. The number of anilines is 2. The third-order valence-corrected chi connectivity index (χ3v) is 7.17. The number of aromatic carboxylic acids is 1. The van der Waals surface area contributed by atoms with E-state index >= 15 is 0 Å². The topological polar surface area (TPSA) is 159 Å². The molecule has 3 aromatic carbocycles. The zero-order valence-corrected chi connectivity index (χ0v) is 23.7. The molecule has 5 rings (SSSR count). The van der Waals surface area contributed by atoms with Crippen LogP contribution in [0.15, 0.2) is 73.1 Å². The molecule has 14 heteroatoms. The lowest BCUT2D eigenvalue weighted by Crippen LogP contribution is -2.44. The van der Waals surface area contributed by atoms with Crippen LogP contribution in [0.4, 0.5) is 15.8 Å². The van der Waals surface area contributed by atoms with E-state index in [-0.39, 0.29) is 34.2 Å².